The van der Waals surface area contributed by atoms with Crippen molar-refractivity contribution in [3.63, 3.8) is 0 Å². The molecule has 3 heterocycles. The molecule has 0 bridgehead atoms. The molecule has 0 unspecified atom stereocenters. The van der Waals surface area contributed by atoms with E-state index in [1.54, 1.807) is 18.3 Å². The van der Waals surface area contributed by atoms with Crippen LogP contribution in [0.25, 0.3) is 11.0 Å². The third-order valence-electron chi connectivity index (χ3n) is 5.04. The van der Waals surface area contributed by atoms with Crippen molar-refractivity contribution in [1.29, 1.82) is 0 Å². The van der Waals surface area contributed by atoms with Crippen molar-refractivity contribution in [1.82, 2.24) is 14.9 Å². The van der Waals surface area contributed by atoms with Crippen LogP contribution in [0, 0.1) is 11.8 Å². The van der Waals surface area contributed by atoms with Gasteiger partial charge in [0, 0.05) is 38.3 Å². The summed E-state index contributed by atoms with van der Waals surface area (Å²) in [6.07, 6.45) is 3.24. The van der Waals surface area contributed by atoms with Crippen molar-refractivity contribution in [3.05, 3.63) is 28.9 Å². The van der Waals surface area contributed by atoms with Gasteiger partial charge >= 0.3 is 0 Å². The van der Waals surface area contributed by atoms with Crippen molar-refractivity contribution in [2.45, 2.75) is 18.9 Å². The van der Waals surface area contributed by atoms with Crippen molar-refractivity contribution >= 4 is 34.4 Å². The molecule has 1 N–H and O–H groups in total. The summed E-state index contributed by atoms with van der Waals surface area (Å²) in [7, 11) is 0. The van der Waals surface area contributed by atoms with Crippen LogP contribution in [0.4, 0.5) is 5.82 Å². The number of amides is 1. The Morgan fingerprint density at radius 1 is 1.29 bits per heavy atom. The molecular weight excluding hydrogens is 380 g/mol. The van der Waals surface area contributed by atoms with E-state index in [2.05, 4.69) is 21.7 Å². The minimum absolute atomic E-state index is 0.100. The number of fused-ring (bicyclic) bond motifs is 1. The number of halogens is 1. The van der Waals surface area contributed by atoms with E-state index < -0.39 is 0 Å². The van der Waals surface area contributed by atoms with Crippen LogP contribution >= 0.6 is 11.6 Å². The zero-order chi connectivity index (χ0) is 19.5. The molecule has 0 saturated carbocycles. The Bertz CT molecular complexity index is 942. The summed E-state index contributed by atoms with van der Waals surface area (Å²) < 4.78 is 5.51. The molecule has 1 amide bonds. The Kier molecular flexibility index (Phi) is 5.62. The first kappa shape index (κ1) is 18.9. The number of aliphatic hydroxyl groups excluding tert-OH is 1. The lowest BCUT2D eigenvalue weighted by molar-refractivity contribution is -0.141. The number of aliphatic hydroxyl groups is 1. The lowest BCUT2D eigenvalue weighted by Gasteiger charge is -2.36. The number of hydrogen-bond acceptors (Lipinski definition) is 6. The first-order valence-corrected chi connectivity index (χ1v) is 9.75. The zero-order valence-corrected chi connectivity index (χ0v) is 16.2. The molecule has 1 aromatic carbocycles. The highest BCUT2D eigenvalue weighted by Crippen LogP contribution is 2.24. The molecule has 7 nitrogen and oxygen atoms in total. The largest absolute Gasteiger partial charge is 0.384 e. The van der Waals surface area contributed by atoms with Gasteiger partial charge < -0.3 is 19.6 Å². The summed E-state index contributed by atoms with van der Waals surface area (Å²) in [6, 6.07) is 3.52. The highest BCUT2D eigenvalue weighted by Gasteiger charge is 2.30. The molecule has 0 spiro atoms. The number of rotatable bonds is 2. The number of nitrogens with zero attached hydrogens (tertiary/aromatic N) is 4. The molecule has 2 saturated heterocycles. The SMILES string of the molecule is O=C([C@H]1CCCO1)N1CCN(c2cnc3cc(Cl)c(C#CCO)cc3n2)CC1. The van der Waals surface area contributed by atoms with Crippen molar-refractivity contribution in [2.24, 2.45) is 0 Å². The number of anilines is 1. The normalized spacial score (nSPS) is 19.6. The Morgan fingerprint density at radius 3 is 2.82 bits per heavy atom. The van der Waals surface area contributed by atoms with Gasteiger partial charge in [0.2, 0.25) is 0 Å². The fourth-order valence-electron chi connectivity index (χ4n) is 3.54. The summed E-state index contributed by atoms with van der Waals surface area (Å²) in [5, 5.41) is 9.37. The second-order valence-electron chi connectivity index (χ2n) is 6.82. The standard InChI is InChI=1S/C20H21ClN4O3/c21-15-12-16-17(11-14(15)3-1-9-26)23-19(13-22-16)24-5-7-25(8-6-24)20(27)18-4-2-10-28-18/h11-13,18,26H,2,4-10H2/t18-/m1/s1. The summed E-state index contributed by atoms with van der Waals surface area (Å²) in [6.45, 7) is 3.14. The molecule has 0 radical (unpaired) electrons. The smallest absolute Gasteiger partial charge is 0.251 e. The van der Waals surface area contributed by atoms with Gasteiger partial charge in [0.1, 0.15) is 18.5 Å². The van der Waals surface area contributed by atoms with Crippen LogP contribution in [-0.4, -0.2) is 71.4 Å². The predicted octanol–water partition coefficient (Wildman–Crippen LogP) is 1.45. The number of ether oxygens (including phenoxy) is 1. The molecule has 8 heteroatoms. The topological polar surface area (TPSA) is 78.8 Å². The third kappa shape index (κ3) is 3.90. The van der Waals surface area contributed by atoms with Crippen LogP contribution in [0.1, 0.15) is 18.4 Å². The van der Waals surface area contributed by atoms with Gasteiger partial charge in [-0.3, -0.25) is 9.78 Å². The third-order valence-corrected chi connectivity index (χ3v) is 5.35. The molecule has 1 aromatic heterocycles. The van der Waals surface area contributed by atoms with E-state index >= 15 is 0 Å². The molecule has 28 heavy (non-hydrogen) atoms. The number of piperazine rings is 1. The lowest BCUT2D eigenvalue weighted by Crippen LogP contribution is -2.51. The highest BCUT2D eigenvalue weighted by molar-refractivity contribution is 6.32. The molecule has 0 aliphatic carbocycles. The summed E-state index contributed by atoms with van der Waals surface area (Å²) in [5.74, 6) is 6.30. The van der Waals surface area contributed by atoms with Crippen molar-refractivity contribution in [3.8, 4) is 11.8 Å². The van der Waals surface area contributed by atoms with Crippen LogP contribution < -0.4 is 4.90 Å². The van der Waals surface area contributed by atoms with E-state index in [1.165, 1.54) is 0 Å². The Hall–Kier alpha value is -2.40. The van der Waals surface area contributed by atoms with Crippen LogP contribution in [0.15, 0.2) is 18.3 Å². The number of aromatic nitrogens is 2. The van der Waals surface area contributed by atoms with Gasteiger partial charge in [-0.15, -0.1) is 0 Å². The van der Waals surface area contributed by atoms with Gasteiger partial charge in [-0.1, -0.05) is 23.4 Å². The maximum absolute atomic E-state index is 12.5. The molecular formula is C20H21ClN4O3. The molecule has 2 fully saturated rings. The van der Waals surface area contributed by atoms with E-state index in [4.69, 9.17) is 26.4 Å². The van der Waals surface area contributed by atoms with Crippen molar-refractivity contribution in [2.75, 3.05) is 44.3 Å². The van der Waals surface area contributed by atoms with Gasteiger partial charge in [0.15, 0.2) is 0 Å². The van der Waals surface area contributed by atoms with E-state index in [1.807, 2.05) is 4.90 Å². The van der Waals surface area contributed by atoms with Crippen LogP contribution in [-0.2, 0) is 9.53 Å². The quantitative estimate of drug-likeness (QED) is 0.769. The predicted molar refractivity (Wildman–Crippen MR) is 106 cm³/mol. The summed E-state index contributed by atoms with van der Waals surface area (Å²) in [4.78, 5) is 25.7. The number of hydrogen-bond donors (Lipinski definition) is 1. The van der Waals surface area contributed by atoms with Crippen LogP contribution in [0.2, 0.25) is 5.02 Å². The number of carbonyl (C=O) groups excluding carboxylic acids is 1. The monoisotopic (exact) mass is 400 g/mol. The number of carbonyl (C=O) groups is 1. The average Bonchev–Trinajstić information content (AvgIpc) is 3.26. The minimum atomic E-state index is -0.268. The van der Waals surface area contributed by atoms with Crippen molar-refractivity contribution < 1.29 is 14.6 Å². The first-order chi connectivity index (χ1) is 13.7. The molecule has 2 aliphatic heterocycles. The van der Waals surface area contributed by atoms with Gasteiger partial charge in [-0.2, -0.15) is 0 Å². The first-order valence-electron chi connectivity index (χ1n) is 9.37. The minimum Gasteiger partial charge on any atom is -0.384 e. The average molecular weight is 401 g/mol. The van der Waals surface area contributed by atoms with E-state index in [0.717, 1.165) is 18.7 Å². The molecule has 146 valence electrons. The Balaban J connectivity index is 1.48. The van der Waals surface area contributed by atoms with E-state index in [-0.39, 0.29) is 18.6 Å². The fraction of sp³-hybridized carbons (Fsp3) is 0.450. The van der Waals surface area contributed by atoms with Crippen LogP contribution in [0.5, 0.6) is 0 Å². The molecule has 2 aliphatic rings. The summed E-state index contributed by atoms with van der Waals surface area (Å²) in [5.41, 5.74) is 2.00. The second kappa shape index (κ2) is 8.31. The van der Waals surface area contributed by atoms with Gasteiger partial charge in [0.05, 0.1) is 22.3 Å². The van der Waals surface area contributed by atoms with Gasteiger partial charge in [-0.25, -0.2) is 4.98 Å². The van der Waals surface area contributed by atoms with E-state index in [9.17, 15) is 4.79 Å². The summed E-state index contributed by atoms with van der Waals surface area (Å²) >= 11 is 6.22. The number of benzene rings is 1. The Morgan fingerprint density at radius 2 is 2.11 bits per heavy atom. The molecule has 1 atom stereocenters. The highest BCUT2D eigenvalue weighted by atomic mass is 35.5. The van der Waals surface area contributed by atoms with Gasteiger partial charge in [0.25, 0.3) is 5.91 Å². The van der Waals surface area contributed by atoms with Gasteiger partial charge in [-0.05, 0) is 25.0 Å². The van der Waals surface area contributed by atoms with E-state index in [0.29, 0.717) is 54.4 Å². The maximum Gasteiger partial charge on any atom is 0.251 e. The maximum atomic E-state index is 12.5. The molecule has 4 rings (SSSR count). The van der Waals surface area contributed by atoms with Crippen LogP contribution in [0.3, 0.4) is 0 Å². The fourth-order valence-corrected chi connectivity index (χ4v) is 3.74. The molecule has 2 aromatic rings. The Labute approximate surface area is 168 Å². The zero-order valence-electron chi connectivity index (χ0n) is 15.4. The second-order valence-corrected chi connectivity index (χ2v) is 7.23. The lowest BCUT2D eigenvalue weighted by atomic mass is 10.2.